The first-order valence-electron chi connectivity index (χ1n) is 3.64. The van der Waals surface area contributed by atoms with E-state index in [4.69, 9.17) is 5.26 Å². The molecule has 2 heteroatoms. The quantitative estimate of drug-likeness (QED) is 0.584. The molecule has 0 saturated carbocycles. The first-order chi connectivity index (χ1) is 5.90. The highest BCUT2D eigenvalue weighted by molar-refractivity contribution is 5.82. The number of aromatic nitrogens is 1. The van der Waals surface area contributed by atoms with Gasteiger partial charge < -0.3 is 0 Å². The number of benzene rings is 1. The molecule has 1 aromatic carbocycles. The smallest absolute Gasteiger partial charge is 0.264 e. The minimum absolute atomic E-state index is 0. The predicted octanol–water partition coefficient (Wildman–Crippen LogP) is 2.22. The molecule has 1 heterocycles. The molecule has 2 nitrogen and oxygen atoms in total. The Kier molecular flexibility index (Phi) is 1.49. The normalized spacial score (nSPS) is 9.58. The summed E-state index contributed by atoms with van der Waals surface area (Å²) in [5, 5.41) is 10.8. The minimum Gasteiger partial charge on any atom is -0.264 e. The molecule has 0 aliphatic carbocycles. The van der Waals surface area contributed by atoms with Gasteiger partial charge in [0, 0.05) is 17.8 Å². The van der Waals surface area contributed by atoms with Crippen LogP contribution in [-0.4, -0.2) is 4.98 Å². The summed E-state index contributed by atoms with van der Waals surface area (Å²) in [5.41, 5.74) is 0.676. The van der Waals surface area contributed by atoms with Crippen molar-refractivity contribution >= 4 is 10.8 Å². The van der Waals surface area contributed by atoms with E-state index in [1.54, 1.807) is 12.4 Å². The van der Waals surface area contributed by atoms with Gasteiger partial charge in [-0.2, -0.15) is 5.26 Å². The molecule has 0 saturated heterocycles. The second-order valence-corrected chi connectivity index (χ2v) is 2.55. The van der Waals surface area contributed by atoms with E-state index in [-0.39, 0.29) is 1.43 Å². The summed E-state index contributed by atoms with van der Waals surface area (Å²) in [7, 11) is 0. The Labute approximate surface area is 71.6 Å². The lowest BCUT2D eigenvalue weighted by molar-refractivity contribution is 1.36. The van der Waals surface area contributed by atoms with E-state index in [0.717, 1.165) is 10.8 Å². The Hall–Kier alpha value is -1.88. The maximum Gasteiger partial charge on any atom is 1.00 e. The molecule has 0 aliphatic rings. The topological polar surface area (TPSA) is 36.7 Å². The van der Waals surface area contributed by atoms with E-state index in [0.29, 0.717) is 5.56 Å². The summed E-state index contributed by atoms with van der Waals surface area (Å²) in [6.45, 7) is 0. The van der Waals surface area contributed by atoms with Crippen molar-refractivity contribution in [1.82, 2.24) is 4.98 Å². The van der Waals surface area contributed by atoms with E-state index >= 15 is 0 Å². The first-order valence-corrected chi connectivity index (χ1v) is 3.64. The highest BCUT2D eigenvalue weighted by atomic mass is 14.6. The zero-order valence-corrected chi connectivity index (χ0v) is 6.36. The van der Waals surface area contributed by atoms with Crippen molar-refractivity contribution in [2.75, 3.05) is 0 Å². The summed E-state index contributed by atoms with van der Waals surface area (Å²) in [5.74, 6) is 0. The highest BCUT2D eigenvalue weighted by Crippen LogP contribution is 2.13. The molecule has 0 bridgehead atoms. The van der Waals surface area contributed by atoms with Gasteiger partial charge in [0.05, 0.1) is 11.6 Å². The van der Waals surface area contributed by atoms with Crippen molar-refractivity contribution in [2.24, 2.45) is 0 Å². The number of nitriles is 1. The van der Waals surface area contributed by atoms with E-state index in [1.165, 1.54) is 0 Å². The zero-order chi connectivity index (χ0) is 8.39. The lowest BCUT2D eigenvalue weighted by Crippen LogP contribution is -1.77. The van der Waals surface area contributed by atoms with E-state index in [1.807, 2.05) is 24.3 Å². The molecule has 2 rings (SSSR count). The third kappa shape index (κ3) is 1.02. The van der Waals surface area contributed by atoms with Gasteiger partial charge >= 0.3 is 1.43 Å². The summed E-state index contributed by atoms with van der Waals surface area (Å²) >= 11 is 0. The largest absolute Gasteiger partial charge is 1.00 e. The molecule has 56 valence electrons. The van der Waals surface area contributed by atoms with Crippen LogP contribution in [0, 0.1) is 11.3 Å². The molecule has 0 aliphatic heterocycles. The standard InChI is InChI=1S/C10H6N2/c11-6-8-1-2-9-3-4-12-7-10(9)5-8/h1-5,7H/p+1. The first kappa shape index (κ1) is 6.81. The fourth-order valence-corrected chi connectivity index (χ4v) is 1.15. The molecule has 0 radical (unpaired) electrons. The molecular weight excluding hydrogens is 148 g/mol. The number of nitrogens with zero attached hydrogens (tertiary/aromatic N) is 2. The van der Waals surface area contributed by atoms with Crippen LogP contribution in [0.25, 0.3) is 10.8 Å². The van der Waals surface area contributed by atoms with Gasteiger partial charge in [0.25, 0.3) is 0 Å². The highest BCUT2D eigenvalue weighted by Gasteiger charge is 1.93. The number of rotatable bonds is 0. The third-order valence-corrected chi connectivity index (χ3v) is 1.77. The van der Waals surface area contributed by atoms with Gasteiger partial charge in [-0.3, -0.25) is 4.98 Å². The molecule has 0 fully saturated rings. The number of hydrogen-bond donors (Lipinski definition) is 0. The maximum atomic E-state index is 8.63. The Morgan fingerprint density at radius 2 is 2.17 bits per heavy atom. The van der Waals surface area contributed by atoms with Crippen LogP contribution < -0.4 is 0 Å². The molecule has 0 spiro atoms. The van der Waals surface area contributed by atoms with Crippen LogP contribution in [0.5, 0.6) is 0 Å². The Morgan fingerprint density at radius 3 is 3.00 bits per heavy atom. The summed E-state index contributed by atoms with van der Waals surface area (Å²) in [6, 6.07) is 9.59. The van der Waals surface area contributed by atoms with Crippen molar-refractivity contribution in [3.8, 4) is 6.07 Å². The number of fused-ring (bicyclic) bond motifs is 1. The van der Waals surface area contributed by atoms with Crippen molar-refractivity contribution in [2.45, 2.75) is 0 Å². The number of hydrogen-bond acceptors (Lipinski definition) is 2. The fraction of sp³-hybridized carbons (Fsp3) is 0. The molecule has 0 atom stereocenters. The van der Waals surface area contributed by atoms with E-state index in [2.05, 4.69) is 11.1 Å². The Morgan fingerprint density at radius 1 is 1.25 bits per heavy atom. The number of pyridine rings is 1. The lowest BCUT2D eigenvalue weighted by atomic mass is 10.1. The summed E-state index contributed by atoms with van der Waals surface area (Å²) in [4.78, 5) is 3.98. The minimum atomic E-state index is 0. The van der Waals surface area contributed by atoms with E-state index in [9.17, 15) is 0 Å². The fourth-order valence-electron chi connectivity index (χ4n) is 1.15. The molecule has 0 unspecified atom stereocenters. The van der Waals surface area contributed by atoms with Crippen molar-refractivity contribution in [1.29, 1.82) is 5.26 Å². The van der Waals surface area contributed by atoms with Gasteiger partial charge in [0.1, 0.15) is 0 Å². The lowest BCUT2D eigenvalue weighted by Gasteiger charge is -1.94. The van der Waals surface area contributed by atoms with Gasteiger partial charge in [-0.15, -0.1) is 0 Å². The molecule has 1 aromatic heterocycles. The van der Waals surface area contributed by atoms with Crippen molar-refractivity contribution in [3.05, 3.63) is 42.2 Å². The van der Waals surface area contributed by atoms with Crippen LogP contribution in [0.2, 0.25) is 0 Å². The second kappa shape index (κ2) is 2.63. The zero-order valence-electron chi connectivity index (χ0n) is 7.36. The molecule has 0 amide bonds. The van der Waals surface area contributed by atoms with E-state index < -0.39 is 0 Å². The molecule has 0 N–H and O–H groups in total. The van der Waals surface area contributed by atoms with Crippen LogP contribution in [-0.2, 0) is 0 Å². The average molecular weight is 155 g/mol. The third-order valence-electron chi connectivity index (χ3n) is 1.77. The summed E-state index contributed by atoms with van der Waals surface area (Å²) < 4.78 is 0. The SMILES string of the molecule is N#Cc1ccc2ccncc2c1.[H+]. The molecular formula is C10H7N2+. The van der Waals surface area contributed by atoms with Crippen LogP contribution in [0.3, 0.4) is 0 Å². The van der Waals surface area contributed by atoms with Gasteiger partial charge in [-0.1, -0.05) is 6.07 Å². The molecule has 12 heavy (non-hydrogen) atoms. The van der Waals surface area contributed by atoms with Gasteiger partial charge in [0.2, 0.25) is 0 Å². The monoisotopic (exact) mass is 155 g/mol. The molecule has 2 aromatic rings. The Bertz CT molecular complexity index is 460. The Balaban J connectivity index is 0.000000845. The second-order valence-electron chi connectivity index (χ2n) is 2.55. The van der Waals surface area contributed by atoms with Crippen LogP contribution in [0.4, 0.5) is 0 Å². The predicted molar refractivity (Wildman–Crippen MR) is 47.6 cm³/mol. The average Bonchev–Trinajstić information content (AvgIpc) is 2.17. The van der Waals surface area contributed by atoms with Crippen LogP contribution >= 0.6 is 0 Å². The van der Waals surface area contributed by atoms with Gasteiger partial charge in [0.15, 0.2) is 0 Å². The van der Waals surface area contributed by atoms with Gasteiger partial charge in [-0.05, 0) is 23.6 Å². The van der Waals surface area contributed by atoms with Crippen LogP contribution in [0.15, 0.2) is 36.7 Å². The van der Waals surface area contributed by atoms with Crippen LogP contribution in [0.1, 0.15) is 6.99 Å². The maximum absolute atomic E-state index is 8.63. The van der Waals surface area contributed by atoms with Crippen molar-refractivity contribution in [3.63, 3.8) is 0 Å². The van der Waals surface area contributed by atoms with Gasteiger partial charge in [-0.25, -0.2) is 0 Å². The van der Waals surface area contributed by atoms with Crippen molar-refractivity contribution < 1.29 is 1.43 Å². The summed E-state index contributed by atoms with van der Waals surface area (Å²) in [6.07, 6.45) is 3.50.